The van der Waals surface area contributed by atoms with Crippen molar-refractivity contribution in [2.45, 2.75) is 20.0 Å². The quantitative estimate of drug-likeness (QED) is 0.723. The van der Waals surface area contributed by atoms with Gasteiger partial charge in [-0.25, -0.2) is 9.97 Å². The Labute approximate surface area is 144 Å². The van der Waals surface area contributed by atoms with Crippen LogP contribution in [0.25, 0.3) is 0 Å². The van der Waals surface area contributed by atoms with Crippen LogP contribution < -0.4 is 10.6 Å². The average molecular weight is 338 g/mol. The first-order valence-corrected chi connectivity index (χ1v) is 8.52. The summed E-state index contributed by atoms with van der Waals surface area (Å²) in [5, 5.41) is 8.05. The van der Waals surface area contributed by atoms with E-state index in [2.05, 4.69) is 20.6 Å². The van der Waals surface area contributed by atoms with Gasteiger partial charge in [-0.05, 0) is 23.9 Å². The van der Waals surface area contributed by atoms with Gasteiger partial charge in [0.2, 0.25) is 5.95 Å². The van der Waals surface area contributed by atoms with Gasteiger partial charge >= 0.3 is 0 Å². The summed E-state index contributed by atoms with van der Waals surface area (Å²) in [4.78, 5) is 22.0. The molecular formula is C18H18N4OS. The normalized spacial score (nSPS) is 10.4. The lowest BCUT2D eigenvalue weighted by Gasteiger charge is -2.09. The fraction of sp³-hybridized carbons (Fsp3) is 0.167. The first kappa shape index (κ1) is 16.1. The van der Waals surface area contributed by atoms with E-state index in [1.807, 2.05) is 54.8 Å². The van der Waals surface area contributed by atoms with Crippen molar-refractivity contribution >= 4 is 23.2 Å². The summed E-state index contributed by atoms with van der Waals surface area (Å²) >= 11 is 1.62. The molecular weight excluding hydrogens is 320 g/mol. The molecule has 122 valence electrons. The summed E-state index contributed by atoms with van der Waals surface area (Å²) in [6.45, 7) is 2.98. The third-order valence-corrected chi connectivity index (χ3v) is 4.40. The number of aromatic nitrogens is 2. The largest absolute Gasteiger partial charge is 0.350 e. The molecule has 0 unspecified atom stereocenters. The molecule has 2 aromatic heterocycles. The molecule has 0 bridgehead atoms. The Morgan fingerprint density at radius 1 is 1.12 bits per heavy atom. The second-order valence-corrected chi connectivity index (χ2v) is 6.33. The van der Waals surface area contributed by atoms with Gasteiger partial charge in [0.25, 0.3) is 5.91 Å². The minimum absolute atomic E-state index is 0.157. The standard InChI is InChI=1S/C18H18N4OS/c1-13-16(17(23)19-11-15-8-5-9-24-15)12-21-18(22-13)20-10-14-6-3-2-4-7-14/h2-9,12H,10-11H2,1H3,(H,19,23)(H,20,21,22). The lowest BCUT2D eigenvalue weighted by molar-refractivity contribution is 0.0950. The zero-order valence-electron chi connectivity index (χ0n) is 13.3. The van der Waals surface area contributed by atoms with Crippen LogP contribution in [0.5, 0.6) is 0 Å². The number of nitrogens with zero attached hydrogens (tertiary/aromatic N) is 2. The highest BCUT2D eigenvalue weighted by Crippen LogP contribution is 2.11. The Hall–Kier alpha value is -2.73. The third kappa shape index (κ3) is 4.17. The second-order valence-electron chi connectivity index (χ2n) is 5.29. The van der Waals surface area contributed by atoms with Gasteiger partial charge in [0.15, 0.2) is 0 Å². The van der Waals surface area contributed by atoms with Crippen LogP contribution in [0.3, 0.4) is 0 Å². The van der Waals surface area contributed by atoms with E-state index in [1.165, 1.54) is 0 Å². The molecule has 0 saturated carbocycles. The van der Waals surface area contributed by atoms with Crippen molar-refractivity contribution in [1.82, 2.24) is 15.3 Å². The highest BCUT2D eigenvalue weighted by Gasteiger charge is 2.11. The van der Waals surface area contributed by atoms with Crippen molar-refractivity contribution in [3.63, 3.8) is 0 Å². The van der Waals surface area contributed by atoms with Crippen LogP contribution >= 0.6 is 11.3 Å². The number of nitrogens with one attached hydrogen (secondary N) is 2. The summed E-state index contributed by atoms with van der Waals surface area (Å²) in [5.41, 5.74) is 2.30. The SMILES string of the molecule is Cc1nc(NCc2ccccc2)ncc1C(=O)NCc1cccs1. The fourth-order valence-corrected chi connectivity index (χ4v) is 2.87. The molecule has 0 atom stereocenters. The van der Waals surface area contributed by atoms with Gasteiger partial charge < -0.3 is 10.6 Å². The molecule has 0 aliphatic heterocycles. The van der Waals surface area contributed by atoms with Crippen LogP contribution in [0.15, 0.2) is 54.0 Å². The fourth-order valence-electron chi connectivity index (χ4n) is 2.23. The summed E-state index contributed by atoms with van der Waals surface area (Å²) in [7, 11) is 0. The molecule has 6 heteroatoms. The van der Waals surface area contributed by atoms with Gasteiger partial charge in [0, 0.05) is 17.6 Å². The van der Waals surface area contributed by atoms with E-state index in [4.69, 9.17) is 0 Å². The summed E-state index contributed by atoms with van der Waals surface area (Å²) < 4.78 is 0. The number of aryl methyl sites for hydroxylation is 1. The molecule has 0 saturated heterocycles. The molecule has 3 rings (SSSR count). The monoisotopic (exact) mass is 338 g/mol. The zero-order valence-corrected chi connectivity index (χ0v) is 14.1. The number of anilines is 1. The predicted octanol–water partition coefficient (Wildman–Crippen LogP) is 3.39. The van der Waals surface area contributed by atoms with Crippen LogP contribution in [0.1, 0.15) is 26.5 Å². The maximum atomic E-state index is 12.2. The first-order chi connectivity index (χ1) is 11.7. The van der Waals surface area contributed by atoms with Crippen molar-refractivity contribution < 1.29 is 4.79 Å². The van der Waals surface area contributed by atoms with E-state index in [9.17, 15) is 4.79 Å². The maximum absolute atomic E-state index is 12.2. The Kier molecular flexibility index (Phi) is 5.18. The van der Waals surface area contributed by atoms with Crippen molar-refractivity contribution in [2.24, 2.45) is 0 Å². The molecule has 2 heterocycles. The van der Waals surface area contributed by atoms with E-state index in [-0.39, 0.29) is 5.91 Å². The predicted molar refractivity (Wildman–Crippen MR) is 96.0 cm³/mol. The summed E-state index contributed by atoms with van der Waals surface area (Å²) in [5.74, 6) is 0.363. The molecule has 1 aromatic carbocycles. The number of carbonyl (C=O) groups is 1. The van der Waals surface area contributed by atoms with Gasteiger partial charge in [-0.1, -0.05) is 36.4 Å². The van der Waals surface area contributed by atoms with Gasteiger partial charge in [-0.3, -0.25) is 4.79 Å². The van der Waals surface area contributed by atoms with Gasteiger partial charge in [0.05, 0.1) is 17.8 Å². The Balaban J connectivity index is 1.60. The molecule has 1 amide bonds. The van der Waals surface area contributed by atoms with Crippen LogP contribution in [-0.4, -0.2) is 15.9 Å². The smallest absolute Gasteiger partial charge is 0.254 e. The molecule has 0 fully saturated rings. The number of rotatable bonds is 6. The number of hydrogen-bond donors (Lipinski definition) is 2. The number of benzene rings is 1. The number of carbonyl (C=O) groups excluding carboxylic acids is 1. The Morgan fingerprint density at radius 2 is 1.96 bits per heavy atom. The van der Waals surface area contributed by atoms with E-state index in [0.29, 0.717) is 30.3 Å². The number of hydrogen-bond acceptors (Lipinski definition) is 5. The maximum Gasteiger partial charge on any atom is 0.254 e. The first-order valence-electron chi connectivity index (χ1n) is 7.64. The van der Waals surface area contributed by atoms with Crippen LogP contribution in [0.2, 0.25) is 0 Å². The number of amides is 1. The van der Waals surface area contributed by atoms with Gasteiger partial charge in [-0.2, -0.15) is 0 Å². The molecule has 0 radical (unpaired) electrons. The highest BCUT2D eigenvalue weighted by molar-refractivity contribution is 7.09. The van der Waals surface area contributed by atoms with Gasteiger partial charge in [-0.15, -0.1) is 11.3 Å². The minimum Gasteiger partial charge on any atom is -0.350 e. The molecule has 0 aliphatic carbocycles. The summed E-state index contributed by atoms with van der Waals surface area (Å²) in [6, 6.07) is 14.0. The lowest BCUT2D eigenvalue weighted by Crippen LogP contribution is -2.24. The highest BCUT2D eigenvalue weighted by atomic mass is 32.1. The van der Waals surface area contributed by atoms with Crippen molar-refractivity contribution in [3.05, 3.63) is 75.7 Å². The summed E-state index contributed by atoms with van der Waals surface area (Å²) in [6.07, 6.45) is 1.57. The van der Waals surface area contributed by atoms with Crippen LogP contribution in [0, 0.1) is 6.92 Å². The minimum atomic E-state index is -0.157. The Bertz CT molecular complexity index is 803. The van der Waals surface area contributed by atoms with Crippen molar-refractivity contribution in [1.29, 1.82) is 0 Å². The van der Waals surface area contributed by atoms with Crippen LogP contribution in [-0.2, 0) is 13.1 Å². The molecule has 0 spiro atoms. The van der Waals surface area contributed by atoms with E-state index in [1.54, 1.807) is 17.5 Å². The van der Waals surface area contributed by atoms with Crippen molar-refractivity contribution in [3.8, 4) is 0 Å². The molecule has 2 N–H and O–H groups in total. The van der Waals surface area contributed by atoms with E-state index < -0.39 is 0 Å². The van der Waals surface area contributed by atoms with Gasteiger partial charge in [0.1, 0.15) is 0 Å². The molecule has 5 nitrogen and oxygen atoms in total. The van der Waals surface area contributed by atoms with E-state index in [0.717, 1.165) is 10.4 Å². The second kappa shape index (κ2) is 7.70. The third-order valence-electron chi connectivity index (χ3n) is 3.52. The Morgan fingerprint density at radius 3 is 2.67 bits per heavy atom. The topological polar surface area (TPSA) is 66.9 Å². The van der Waals surface area contributed by atoms with Crippen molar-refractivity contribution in [2.75, 3.05) is 5.32 Å². The molecule has 0 aliphatic rings. The number of thiophene rings is 1. The van der Waals surface area contributed by atoms with E-state index >= 15 is 0 Å². The molecule has 24 heavy (non-hydrogen) atoms. The van der Waals surface area contributed by atoms with Crippen LogP contribution in [0.4, 0.5) is 5.95 Å². The lowest BCUT2D eigenvalue weighted by atomic mass is 10.2. The average Bonchev–Trinajstić information content (AvgIpc) is 3.12. The molecule has 3 aromatic rings. The zero-order chi connectivity index (χ0) is 16.8.